The maximum atomic E-state index is 12.1. The molecule has 1 aliphatic carbocycles. The van der Waals surface area contributed by atoms with E-state index < -0.39 is 5.97 Å². The fraction of sp³-hybridized carbons (Fsp3) is 0.846. The van der Waals surface area contributed by atoms with Gasteiger partial charge < -0.3 is 15.3 Å². The van der Waals surface area contributed by atoms with Crippen molar-refractivity contribution in [2.24, 2.45) is 0 Å². The van der Waals surface area contributed by atoms with Crippen LogP contribution in [0, 0.1) is 0 Å². The number of hydrogen-bond donors (Lipinski definition) is 2. The third kappa shape index (κ3) is 4.20. The van der Waals surface area contributed by atoms with Crippen LogP contribution in [0.3, 0.4) is 0 Å². The Balaban J connectivity index is 2.44. The SMILES string of the molecule is CC(C)N(CCCC(=O)O)C(=O)NC1(C)CCC1. The van der Waals surface area contributed by atoms with Gasteiger partial charge in [0, 0.05) is 24.5 Å². The predicted octanol–water partition coefficient (Wildman–Crippen LogP) is 2.21. The van der Waals surface area contributed by atoms with Gasteiger partial charge in [-0.25, -0.2) is 4.79 Å². The normalized spacial score (nSPS) is 17.1. The first-order valence-electron chi connectivity index (χ1n) is 6.65. The number of urea groups is 1. The third-order valence-corrected chi connectivity index (χ3v) is 3.54. The van der Waals surface area contributed by atoms with E-state index in [4.69, 9.17) is 5.11 Å². The third-order valence-electron chi connectivity index (χ3n) is 3.54. The second-order valence-electron chi connectivity index (χ2n) is 5.63. The lowest BCUT2D eigenvalue weighted by molar-refractivity contribution is -0.137. The molecule has 1 rings (SSSR count). The highest BCUT2D eigenvalue weighted by molar-refractivity contribution is 5.75. The Morgan fingerprint density at radius 3 is 2.39 bits per heavy atom. The molecule has 1 aliphatic rings. The quantitative estimate of drug-likeness (QED) is 0.765. The number of carbonyl (C=O) groups is 2. The van der Waals surface area contributed by atoms with Crippen LogP contribution in [0.5, 0.6) is 0 Å². The van der Waals surface area contributed by atoms with Crippen molar-refractivity contribution in [1.82, 2.24) is 10.2 Å². The molecule has 0 aromatic heterocycles. The van der Waals surface area contributed by atoms with Gasteiger partial charge in [0.05, 0.1) is 0 Å². The number of amides is 2. The van der Waals surface area contributed by atoms with Gasteiger partial charge in [-0.1, -0.05) is 0 Å². The number of carboxylic acid groups (broad SMARTS) is 1. The molecule has 0 aromatic rings. The van der Waals surface area contributed by atoms with Crippen molar-refractivity contribution in [2.45, 2.75) is 64.5 Å². The standard InChI is InChI=1S/C13H24N2O3/c1-10(2)15(9-4-6-11(16)17)12(18)14-13(3)7-5-8-13/h10H,4-9H2,1-3H3,(H,14,18)(H,16,17). The minimum Gasteiger partial charge on any atom is -0.481 e. The monoisotopic (exact) mass is 256 g/mol. The molecule has 0 heterocycles. The summed E-state index contributed by atoms with van der Waals surface area (Å²) < 4.78 is 0. The molecule has 1 fully saturated rings. The molecule has 2 amide bonds. The van der Waals surface area contributed by atoms with Crippen LogP contribution in [0.15, 0.2) is 0 Å². The van der Waals surface area contributed by atoms with Gasteiger partial charge in [-0.2, -0.15) is 0 Å². The van der Waals surface area contributed by atoms with Crippen LogP contribution < -0.4 is 5.32 Å². The Morgan fingerprint density at radius 2 is 2.00 bits per heavy atom. The molecule has 5 nitrogen and oxygen atoms in total. The van der Waals surface area contributed by atoms with Gasteiger partial charge in [-0.3, -0.25) is 4.79 Å². The number of carbonyl (C=O) groups excluding carboxylic acids is 1. The number of carboxylic acids is 1. The molecule has 2 N–H and O–H groups in total. The molecule has 0 spiro atoms. The minimum atomic E-state index is -0.815. The Kier molecular flexibility index (Phi) is 4.99. The summed E-state index contributed by atoms with van der Waals surface area (Å²) in [6, 6.07) is 0.0139. The topological polar surface area (TPSA) is 69.6 Å². The van der Waals surface area contributed by atoms with Crippen molar-refractivity contribution in [1.29, 1.82) is 0 Å². The first kappa shape index (κ1) is 14.8. The van der Waals surface area contributed by atoms with Gasteiger partial charge in [-0.15, -0.1) is 0 Å². The maximum Gasteiger partial charge on any atom is 0.318 e. The zero-order chi connectivity index (χ0) is 13.8. The highest BCUT2D eigenvalue weighted by Crippen LogP contribution is 2.31. The molecule has 0 aliphatic heterocycles. The van der Waals surface area contributed by atoms with Crippen molar-refractivity contribution in [3.05, 3.63) is 0 Å². The molecule has 0 unspecified atom stereocenters. The van der Waals surface area contributed by atoms with E-state index in [1.807, 2.05) is 13.8 Å². The van der Waals surface area contributed by atoms with E-state index in [0.29, 0.717) is 13.0 Å². The van der Waals surface area contributed by atoms with Crippen LogP contribution in [-0.2, 0) is 4.79 Å². The number of rotatable bonds is 6. The number of aliphatic carboxylic acids is 1. The van der Waals surface area contributed by atoms with Gasteiger partial charge in [0.2, 0.25) is 0 Å². The summed E-state index contributed by atoms with van der Waals surface area (Å²) in [6.07, 6.45) is 3.82. The van der Waals surface area contributed by atoms with E-state index >= 15 is 0 Å². The highest BCUT2D eigenvalue weighted by atomic mass is 16.4. The summed E-state index contributed by atoms with van der Waals surface area (Å²) in [7, 11) is 0. The van der Waals surface area contributed by atoms with Crippen molar-refractivity contribution >= 4 is 12.0 Å². The van der Waals surface area contributed by atoms with E-state index in [-0.39, 0.29) is 24.0 Å². The molecule has 0 atom stereocenters. The first-order chi connectivity index (χ1) is 8.34. The van der Waals surface area contributed by atoms with Crippen LogP contribution in [0.4, 0.5) is 4.79 Å². The van der Waals surface area contributed by atoms with E-state index in [0.717, 1.165) is 19.3 Å². The average Bonchev–Trinajstić information content (AvgIpc) is 2.20. The van der Waals surface area contributed by atoms with E-state index in [1.54, 1.807) is 4.90 Å². The molecule has 1 saturated carbocycles. The molecule has 0 aromatic carbocycles. The Hall–Kier alpha value is -1.26. The summed E-state index contributed by atoms with van der Waals surface area (Å²) in [5.74, 6) is -0.815. The Morgan fingerprint density at radius 1 is 1.39 bits per heavy atom. The van der Waals surface area contributed by atoms with Crippen LogP contribution >= 0.6 is 0 Å². The van der Waals surface area contributed by atoms with Gasteiger partial charge in [0.1, 0.15) is 0 Å². The number of nitrogens with one attached hydrogen (secondary N) is 1. The maximum absolute atomic E-state index is 12.1. The molecular weight excluding hydrogens is 232 g/mol. The van der Waals surface area contributed by atoms with Crippen LogP contribution in [0.25, 0.3) is 0 Å². The zero-order valence-electron chi connectivity index (χ0n) is 11.5. The second-order valence-corrected chi connectivity index (χ2v) is 5.63. The molecule has 0 radical (unpaired) electrons. The Bertz CT molecular complexity index is 311. The van der Waals surface area contributed by atoms with Gasteiger partial charge in [0.15, 0.2) is 0 Å². The summed E-state index contributed by atoms with van der Waals surface area (Å²) in [5.41, 5.74) is -0.0585. The average molecular weight is 256 g/mol. The van der Waals surface area contributed by atoms with Gasteiger partial charge in [0.25, 0.3) is 0 Å². The highest BCUT2D eigenvalue weighted by Gasteiger charge is 2.34. The van der Waals surface area contributed by atoms with Gasteiger partial charge >= 0.3 is 12.0 Å². The zero-order valence-corrected chi connectivity index (χ0v) is 11.5. The summed E-state index contributed by atoms with van der Waals surface area (Å²) in [5, 5.41) is 11.7. The van der Waals surface area contributed by atoms with E-state index in [1.165, 1.54) is 0 Å². The van der Waals surface area contributed by atoms with Crippen molar-refractivity contribution in [2.75, 3.05) is 6.54 Å². The lowest BCUT2D eigenvalue weighted by atomic mass is 9.79. The summed E-state index contributed by atoms with van der Waals surface area (Å²) in [4.78, 5) is 24.3. The number of hydrogen-bond acceptors (Lipinski definition) is 2. The van der Waals surface area contributed by atoms with Crippen molar-refractivity contribution < 1.29 is 14.7 Å². The fourth-order valence-electron chi connectivity index (χ4n) is 2.16. The van der Waals surface area contributed by atoms with Crippen molar-refractivity contribution in [3.8, 4) is 0 Å². The molecule has 0 saturated heterocycles. The smallest absolute Gasteiger partial charge is 0.318 e. The van der Waals surface area contributed by atoms with E-state index in [2.05, 4.69) is 12.2 Å². The minimum absolute atomic E-state index is 0.0585. The van der Waals surface area contributed by atoms with Gasteiger partial charge in [-0.05, 0) is 46.5 Å². The van der Waals surface area contributed by atoms with Crippen LogP contribution in [-0.4, -0.2) is 40.1 Å². The van der Waals surface area contributed by atoms with Crippen LogP contribution in [0.2, 0.25) is 0 Å². The lowest BCUT2D eigenvalue weighted by Gasteiger charge is -2.41. The molecular formula is C13H24N2O3. The first-order valence-corrected chi connectivity index (χ1v) is 6.65. The van der Waals surface area contributed by atoms with Crippen molar-refractivity contribution in [3.63, 3.8) is 0 Å². The fourth-order valence-corrected chi connectivity index (χ4v) is 2.16. The Labute approximate surface area is 109 Å². The second kappa shape index (κ2) is 6.07. The lowest BCUT2D eigenvalue weighted by Crippen LogP contribution is -2.56. The van der Waals surface area contributed by atoms with E-state index in [9.17, 15) is 9.59 Å². The predicted molar refractivity (Wildman–Crippen MR) is 69.5 cm³/mol. The summed E-state index contributed by atoms with van der Waals surface area (Å²) in [6.45, 7) is 6.45. The molecule has 18 heavy (non-hydrogen) atoms. The number of nitrogens with zero attached hydrogens (tertiary/aromatic N) is 1. The largest absolute Gasteiger partial charge is 0.481 e. The molecule has 5 heteroatoms. The molecule has 104 valence electrons. The molecule has 0 bridgehead atoms. The van der Waals surface area contributed by atoms with Crippen LogP contribution in [0.1, 0.15) is 52.9 Å². The summed E-state index contributed by atoms with van der Waals surface area (Å²) >= 11 is 0.